The Kier molecular flexibility index (Phi) is 10.5. The van der Waals surface area contributed by atoms with Gasteiger partial charge in [0.1, 0.15) is 12.1 Å². The van der Waals surface area contributed by atoms with Gasteiger partial charge in [-0.3, -0.25) is 14.4 Å². The number of nitrogens with one attached hydrogen (secondary N) is 2. The van der Waals surface area contributed by atoms with Crippen molar-refractivity contribution in [3.8, 4) is 0 Å². The maximum Gasteiger partial charge on any atom is 0.243 e. The molecule has 0 unspecified atom stereocenters. The summed E-state index contributed by atoms with van der Waals surface area (Å²) in [7, 11) is 0. The van der Waals surface area contributed by atoms with Crippen LogP contribution in [-0.2, 0) is 20.9 Å². The van der Waals surface area contributed by atoms with Gasteiger partial charge < -0.3 is 21.3 Å². The summed E-state index contributed by atoms with van der Waals surface area (Å²) >= 11 is 1.42. The molecule has 176 valence electrons. The Bertz CT molecular complexity index is 723. The van der Waals surface area contributed by atoms with Gasteiger partial charge in [0.05, 0.1) is 12.6 Å². The molecule has 10 heteroatoms. The summed E-state index contributed by atoms with van der Waals surface area (Å²) in [6.07, 6.45) is -3.02. The van der Waals surface area contributed by atoms with Crippen molar-refractivity contribution in [2.24, 2.45) is 11.1 Å². The summed E-state index contributed by atoms with van der Waals surface area (Å²) in [4.78, 5) is 40.3. The number of thiophene rings is 1. The molecule has 0 aromatic carbocycles. The van der Waals surface area contributed by atoms with Crippen molar-refractivity contribution in [2.75, 3.05) is 6.54 Å². The number of hydrogen-bond donors (Lipinski definition) is 3. The average Bonchev–Trinajstić information content (AvgIpc) is 3.20. The second-order valence-electron chi connectivity index (χ2n) is 8.54. The van der Waals surface area contributed by atoms with Crippen LogP contribution < -0.4 is 16.4 Å². The Morgan fingerprint density at radius 3 is 2.35 bits per heavy atom. The molecule has 0 aliphatic carbocycles. The fourth-order valence-electron chi connectivity index (χ4n) is 2.84. The van der Waals surface area contributed by atoms with Crippen LogP contribution in [0, 0.1) is 5.41 Å². The third kappa shape index (κ3) is 8.53. The minimum absolute atomic E-state index is 0.183. The minimum Gasteiger partial charge on any atom is -0.349 e. The molecule has 31 heavy (non-hydrogen) atoms. The molecule has 7 nitrogen and oxygen atoms in total. The Hall–Kier alpha value is -2.07. The summed E-state index contributed by atoms with van der Waals surface area (Å²) in [6.45, 7) is 9.28. The third-order valence-corrected chi connectivity index (χ3v) is 5.73. The van der Waals surface area contributed by atoms with E-state index in [2.05, 4.69) is 10.6 Å². The van der Waals surface area contributed by atoms with Crippen LogP contribution in [0.2, 0.25) is 0 Å². The van der Waals surface area contributed by atoms with Crippen molar-refractivity contribution in [2.45, 2.75) is 78.6 Å². The van der Waals surface area contributed by atoms with Gasteiger partial charge in [-0.1, -0.05) is 33.8 Å². The molecule has 1 rings (SSSR count). The maximum absolute atomic E-state index is 13.0. The summed E-state index contributed by atoms with van der Waals surface area (Å²) < 4.78 is 26.1. The molecule has 3 atom stereocenters. The number of alkyl halides is 2. The third-order valence-electron chi connectivity index (χ3n) is 4.86. The highest BCUT2D eigenvalue weighted by atomic mass is 32.1. The highest BCUT2D eigenvalue weighted by molar-refractivity contribution is 7.09. The number of nitrogens with two attached hydrogens (primary N) is 1. The smallest absolute Gasteiger partial charge is 0.243 e. The van der Waals surface area contributed by atoms with Crippen LogP contribution in [0.25, 0.3) is 0 Å². The van der Waals surface area contributed by atoms with E-state index in [0.29, 0.717) is 6.42 Å². The van der Waals surface area contributed by atoms with E-state index in [1.807, 2.05) is 39.1 Å². The molecule has 0 aliphatic rings. The van der Waals surface area contributed by atoms with Crippen molar-refractivity contribution in [3.05, 3.63) is 22.4 Å². The lowest BCUT2D eigenvalue weighted by atomic mass is 9.86. The van der Waals surface area contributed by atoms with Crippen molar-refractivity contribution in [1.82, 2.24) is 15.5 Å². The topological polar surface area (TPSA) is 105 Å². The van der Waals surface area contributed by atoms with Crippen molar-refractivity contribution in [1.29, 1.82) is 0 Å². The Labute approximate surface area is 186 Å². The lowest BCUT2D eigenvalue weighted by Gasteiger charge is -2.35. The lowest BCUT2D eigenvalue weighted by molar-refractivity contribution is -0.143. The van der Waals surface area contributed by atoms with Crippen LogP contribution in [0.1, 0.15) is 52.3 Å². The maximum atomic E-state index is 13.0. The molecule has 0 radical (unpaired) electrons. The molecule has 0 fully saturated rings. The van der Waals surface area contributed by atoms with Crippen LogP contribution in [0.5, 0.6) is 0 Å². The van der Waals surface area contributed by atoms with E-state index in [9.17, 15) is 23.2 Å². The monoisotopic (exact) mass is 460 g/mol. The molecule has 1 aromatic rings. The van der Waals surface area contributed by atoms with E-state index < -0.39 is 54.1 Å². The van der Waals surface area contributed by atoms with Crippen molar-refractivity contribution >= 4 is 29.1 Å². The molecular weight excluding hydrogens is 426 g/mol. The second kappa shape index (κ2) is 12.1. The molecular formula is C21H34F2N4O3S. The summed E-state index contributed by atoms with van der Waals surface area (Å²) in [5.74, 6) is -1.78. The first-order valence-corrected chi connectivity index (χ1v) is 11.2. The van der Waals surface area contributed by atoms with Gasteiger partial charge in [0.15, 0.2) is 0 Å². The number of rotatable bonds is 11. The van der Waals surface area contributed by atoms with E-state index in [-0.39, 0.29) is 13.1 Å². The molecule has 1 heterocycles. The molecule has 1 aromatic heterocycles. The van der Waals surface area contributed by atoms with Crippen LogP contribution >= 0.6 is 11.3 Å². The second-order valence-corrected chi connectivity index (χ2v) is 9.57. The van der Waals surface area contributed by atoms with Crippen molar-refractivity contribution < 1.29 is 23.2 Å². The number of amides is 3. The van der Waals surface area contributed by atoms with Gasteiger partial charge in [0.2, 0.25) is 24.1 Å². The van der Waals surface area contributed by atoms with Crippen LogP contribution in [0.3, 0.4) is 0 Å². The average molecular weight is 461 g/mol. The van der Waals surface area contributed by atoms with Gasteiger partial charge >= 0.3 is 0 Å². The zero-order valence-electron chi connectivity index (χ0n) is 18.8. The molecule has 0 saturated carbocycles. The Morgan fingerprint density at radius 2 is 1.87 bits per heavy atom. The highest BCUT2D eigenvalue weighted by Gasteiger charge is 2.36. The molecule has 0 aliphatic heterocycles. The Balaban J connectivity index is 2.89. The van der Waals surface area contributed by atoms with Crippen LogP contribution in [0.15, 0.2) is 17.5 Å². The number of carbonyl (C=O) groups is 3. The number of carbonyl (C=O) groups excluding carboxylic acids is 3. The molecule has 0 bridgehead atoms. The van der Waals surface area contributed by atoms with Gasteiger partial charge in [-0.15, -0.1) is 11.3 Å². The van der Waals surface area contributed by atoms with Gasteiger partial charge in [0, 0.05) is 17.8 Å². The summed E-state index contributed by atoms with van der Waals surface area (Å²) in [5, 5.41) is 6.80. The molecule has 0 saturated heterocycles. The quantitative estimate of drug-likeness (QED) is 0.472. The molecule has 3 amide bonds. The molecule has 0 spiro atoms. The van der Waals surface area contributed by atoms with Crippen LogP contribution in [-0.4, -0.2) is 53.7 Å². The predicted molar refractivity (Wildman–Crippen MR) is 118 cm³/mol. The van der Waals surface area contributed by atoms with Crippen LogP contribution in [0.4, 0.5) is 8.78 Å². The first-order valence-electron chi connectivity index (χ1n) is 10.3. The largest absolute Gasteiger partial charge is 0.349 e. The zero-order chi connectivity index (χ0) is 23.8. The van der Waals surface area contributed by atoms with E-state index in [0.717, 1.165) is 4.88 Å². The fourth-order valence-corrected chi connectivity index (χ4v) is 3.48. The number of hydrogen-bond acceptors (Lipinski definition) is 5. The summed E-state index contributed by atoms with van der Waals surface area (Å²) in [5.41, 5.74) is 5.56. The normalized spacial score (nSPS) is 14.6. The lowest BCUT2D eigenvalue weighted by Crippen LogP contribution is -2.58. The van der Waals surface area contributed by atoms with E-state index in [4.69, 9.17) is 5.73 Å². The standard InChI is InChI=1S/C21H34F2N4O3S/c1-6-9-27(20(30)17(24)21(3,4)5)13(2)18(28)26-15(11-16(22)23)19(29)25-12-14-8-7-10-31-14/h7-8,10,13,15-17H,6,9,11-12,24H2,1-5H3,(H,25,29)(H,26,28)/t13-,15-,17+/m0/s1. The van der Waals surface area contributed by atoms with Gasteiger partial charge in [-0.25, -0.2) is 8.78 Å². The van der Waals surface area contributed by atoms with Crippen molar-refractivity contribution in [3.63, 3.8) is 0 Å². The minimum atomic E-state index is -2.78. The van der Waals surface area contributed by atoms with E-state index in [1.54, 1.807) is 6.07 Å². The summed E-state index contributed by atoms with van der Waals surface area (Å²) in [6, 6.07) is 0.407. The van der Waals surface area contributed by atoms with Gasteiger partial charge in [-0.05, 0) is 30.2 Å². The SMILES string of the molecule is CCCN(C(=O)[C@@H](N)C(C)(C)C)[C@@H](C)C(=O)N[C@@H](CC(F)F)C(=O)NCc1cccs1. The molecule has 4 N–H and O–H groups in total. The zero-order valence-corrected chi connectivity index (χ0v) is 19.6. The number of halogens is 2. The number of nitrogens with zero attached hydrogens (tertiary/aromatic N) is 1. The van der Waals surface area contributed by atoms with Gasteiger partial charge in [-0.2, -0.15) is 0 Å². The van der Waals surface area contributed by atoms with E-state index in [1.165, 1.54) is 23.2 Å². The first-order chi connectivity index (χ1) is 14.4. The first kappa shape index (κ1) is 27.0. The Morgan fingerprint density at radius 1 is 1.23 bits per heavy atom. The fraction of sp³-hybridized carbons (Fsp3) is 0.667. The predicted octanol–water partition coefficient (Wildman–Crippen LogP) is 2.50. The highest BCUT2D eigenvalue weighted by Crippen LogP contribution is 2.20. The van der Waals surface area contributed by atoms with E-state index >= 15 is 0 Å². The van der Waals surface area contributed by atoms with Gasteiger partial charge in [0.25, 0.3) is 0 Å².